The Kier molecular flexibility index (Phi) is 2.41. The first-order valence-electron chi connectivity index (χ1n) is 3.64. The molecule has 0 aliphatic carbocycles. The summed E-state index contributed by atoms with van der Waals surface area (Å²) >= 11 is 0. The van der Waals surface area contributed by atoms with E-state index >= 15 is 0 Å². The highest BCUT2D eigenvalue weighted by atomic mass is 16.5. The third kappa shape index (κ3) is 1.67. The van der Waals surface area contributed by atoms with Crippen LogP contribution in [-0.4, -0.2) is 17.1 Å². The molecule has 0 unspecified atom stereocenters. The van der Waals surface area contributed by atoms with Crippen LogP contribution in [0.1, 0.15) is 18.3 Å². The van der Waals surface area contributed by atoms with Gasteiger partial charge in [-0.2, -0.15) is 0 Å². The lowest BCUT2D eigenvalue weighted by molar-refractivity contribution is 0.388. The summed E-state index contributed by atoms with van der Waals surface area (Å²) in [5.41, 5.74) is 1.80. The van der Waals surface area contributed by atoms with Crippen molar-refractivity contribution in [2.24, 2.45) is 0 Å². The molecule has 3 heteroatoms. The molecule has 0 aromatic carbocycles. The van der Waals surface area contributed by atoms with Crippen molar-refractivity contribution >= 4 is 0 Å². The number of rotatable bonds is 2. The Morgan fingerprint density at radius 2 is 2.27 bits per heavy atom. The van der Waals surface area contributed by atoms with Crippen LogP contribution in [0.2, 0.25) is 0 Å². The van der Waals surface area contributed by atoms with Crippen LogP contribution in [0.5, 0.6) is 5.88 Å². The molecule has 11 heavy (non-hydrogen) atoms. The van der Waals surface area contributed by atoms with Crippen molar-refractivity contribution in [2.45, 2.75) is 20.3 Å². The van der Waals surface area contributed by atoms with Gasteiger partial charge in [0.15, 0.2) is 0 Å². The molecule has 3 nitrogen and oxygen atoms in total. The number of aryl methyl sites for hydroxylation is 2. The van der Waals surface area contributed by atoms with Crippen molar-refractivity contribution in [3.8, 4) is 5.88 Å². The van der Waals surface area contributed by atoms with Crippen LogP contribution in [0.15, 0.2) is 6.20 Å². The fourth-order valence-corrected chi connectivity index (χ4v) is 0.886. The van der Waals surface area contributed by atoms with E-state index in [1.165, 1.54) is 0 Å². The zero-order valence-corrected chi connectivity index (χ0v) is 7.09. The van der Waals surface area contributed by atoms with Crippen molar-refractivity contribution in [1.29, 1.82) is 0 Å². The number of methoxy groups -OCH3 is 1. The fourth-order valence-electron chi connectivity index (χ4n) is 0.886. The average molecular weight is 152 g/mol. The Bertz CT molecular complexity index is 248. The number of nitrogens with zero attached hydrogens (tertiary/aromatic N) is 2. The lowest BCUT2D eigenvalue weighted by Crippen LogP contribution is -1.98. The van der Waals surface area contributed by atoms with Gasteiger partial charge in [-0.15, -0.1) is 0 Å². The lowest BCUT2D eigenvalue weighted by atomic mass is 10.3. The van der Waals surface area contributed by atoms with Crippen LogP contribution in [0, 0.1) is 6.92 Å². The van der Waals surface area contributed by atoms with E-state index in [1.807, 2.05) is 13.8 Å². The third-order valence-electron chi connectivity index (χ3n) is 1.46. The highest BCUT2D eigenvalue weighted by Crippen LogP contribution is 2.12. The molecular weight excluding hydrogens is 140 g/mol. The van der Waals surface area contributed by atoms with Gasteiger partial charge in [-0.05, 0) is 13.3 Å². The van der Waals surface area contributed by atoms with E-state index in [9.17, 15) is 0 Å². The normalized spacial score (nSPS) is 9.73. The second-order valence-electron chi connectivity index (χ2n) is 2.32. The molecule has 1 aromatic rings. The largest absolute Gasteiger partial charge is 0.480 e. The predicted octanol–water partition coefficient (Wildman–Crippen LogP) is 1.36. The van der Waals surface area contributed by atoms with Crippen molar-refractivity contribution in [3.05, 3.63) is 17.6 Å². The van der Waals surface area contributed by atoms with Crippen LogP contribution < -0.4 is 4.74 Å². The van der Waals surface area contributed by atoms with Gasteiger partial charge in [0.25, 0.3) is 0 Å². The second kappa shape index (κ2) is 3.32. The summed E-state index contributed by atoms with van der Waals surface area (Å²) in [5.74, 6) is 0.646. The molecule has 0 amide bonds. The van der Waals surface area contributed by atoms with Gasteiger partial charge in [0, 0.05) is 6.20 Å². The van der Waals surface area contributed by atoms with Crippen LogP contribution in [0.25, 0.3) is 0 Å². The molecule has 60 valence electrons. The average Bonchev–Trinajstić information content (AvgIpc) is 2.04. The summed E-state index contributed by atoms with van der Waals surface area (Å²) in [7, 11) is 1.61. The van der Waals surface area contributed by atoms with E-state index in [0.29, 0.717) is 5.88 Å². The van der Waals surface area contributed by atoms with Gasteiger partial charge in [-0.3, -0.25) is 4.98 Å². The summed E-state index contributed by atoms with van der Waals surface area (Å²) in [6.45, 7) is 3.93. The maximum absolute atomic E-state index is 5.04. The number of aromatic nitrogens is 2. The van der Waals surface area contributed by atoms with Crippen LogP contribution in [-0.2, 0) is 6.42 Å². The fraction of sp³-hybridized carbons (Fsp3) is 0.500. The molecule has 1 heterocycles. The number of hydrogen-bond donors (Lipinski definition) is 0. The smallest absolute Gasteiger partial charge is 0.235 e. The minimum Gasteiger partial charge on any atom is -0.480 e. The second-order valence-corrected chi connectivity index (χ2v) is 2.32. The molecule has 0 bridgehead atoms. The van der Waals surface area contributed by atoms with Gasteiger partial charge in [0.05, 0.1) is 12.8 Å². The zero-order chi connectivity index (χ0) is 8.27. The summed E-state index contributed by atoms with van der Waals surface area (Å²) < 4.78 is 5.04. The third-order valence-corrected chi connectivity index (χ3v) is 1.46. The minimum atomic E-state index is 0.646. The lowest BCUT2D eigenvalue weighted by Gasteiger charge is -2.03. The zero-order valence-electron chi connectivity index (χ0n) is 7.09. The molecule has 0 aliphatic rings. The standard InChI is InChI=1S/C8H12N2O/c1-4-7-8(11-3)10-6(2)5-9-7/h5H,4H2,1-3H3. The van der Waals surface area contributed by atoms with Crippen LogP contribution in [0.4, 0.5) is 0 Å². The molecule has 1 rings (SSSR count). The Morgan fingerprint density at radius 1 is 1.55 bits per heavy atom. The first-order valence-corrected chi connectivity index (χ1v) is 3.64. The first-order chi connectivity index (χ1) is 5.27. The number of ether oxygens (including phenoxy) is 1. The predicted molar refractivity (Wildman–Crippen MR) is 42.7 cm³/mol. The van der Waals surface area contributed by atoms with E-state index in [2.05, 4.69) is 9.97 Å². The Balaban J connectivity index is 3.06. The van der Waals surface area contributed by atoms with Crippen molar-refractivity contribution in [1.82, 2.24) is 9.97 Å². The Morgan fingerprint density at radius 3 is 2.82 bits per heavy atom. The molecule has 0 spiro atoms. The molecule has 0 aliphatic heterocycles. The van der Waals surface area contributed by atoms with Crippen molar-refractivity contribution in [2.75, 3.05) is 7.11 Å². The quantitative estimate of drug-likeness (QED) is 0.641. The van der Waals surface area contributed by atoms with Crippen LogP contribution >= 0.6 is 0 Å². The van der Waals surface area contributed by atoms with Crippen molar-refractivity contribution in [3.63, 3.8) is 0 Å². The molecule has 0 N–H and O–H groups in total. The van der Waals surface area contributed by atoms with Gasteiger partial charge in [0.2, 0.25) is 5.88 Å². The van der Waals surface area contributed by atoms with E-state index in [-0.39, 0.29) is 0 Å². The Hall–Kier alpha value is -1.12. The molecule has 1 aromatic heterocycles. The van der Waals surface area contributed by atoms with E-state index in [1.54, 1.807) is 13.3 Å². The van der Waals surface area contributed by atoms with Gasteiger partial charge in [-0.25, -0.2) is 4.98 Å². The van der Waals surface area contributed by atoms with Crippen LogP contribution in [0.3, 0.4) is 0 Å². The van der Waals surface area contributed by atoms with E-state index < -0.39 is 0 Å². The molecular formula is C8H12N2O. The topological polar surface area (TPSA) is 35.0 Å². The molecule has 0 radical (unpaired) electrons. The summed E-state index contributed by atoms with van der Waals surface area (Å²) in [4.78, 5) is 8.36. The maximum Gasteiger partial charge on any atom is 0.235 e. The van der Waals surface area contributed by atoms with E-state index in [4.69, 9.17) is 4.74 Å². The first kappa shape index (κ1) is 7.98. The summed E-state index contributed by atoms with van der Waals surface area (Å²) in [6, 6.07) is 0. The maximum atomic E-state index is 5.04. The summed E-state index contributed by atoms with van der Waals surface area (Å²) in [6.07, 6.45) is 2.61. The Labute approximate surface area is 66.4 Å². The highest BCUT2D eigenvalue weighted by molar-refractivity contribution is 5.19. The number of hydrogen-bond acceptors (Lipinski definition) is 3. The van der Waals surface area contributed by atoms with Gasteiger partial charge >= 0.3 is 0 Å². The highest BCUT2D eigenvalue weighted by Gasteiger charge is 2.02. The molecule has 0 saturated heterocycles. The minimum absolute atomic E-state index is 0.646. The van der Waals surface area contributed by atoms with Gasteiger partial charge < -0.3 is 4.74 Å². The van der Waals surface area contributed by atoms with E-state index in [0.717, 1.165) is 17.8 Å². The molecule has 0 atom stereocenters. The molecule has 0 saturated carbocycles. The van der Waals surface area contributed by atoms with Crippen molar-refractivity contribution < 1.29 is 4.74 Å². The van der Waals surface area contributed by atoms with Gasteiger partial charge in [-0.1, -0.05) is 6.92 Å². The monoisotopic (exact) mass is 152 g/mol. The SMILES string of the molecule is CCc1ncc(C)nc1OC. The summed E-state index contributed by atoms with van der Waals surface area (Å²) in [5, 5.41) is 0. The molecule has 0 fully saturated rings. The van der Waals surface area contributed by atoms with Gasteiger partial charge in [0.1, 0.15) is 5.69 Å².